The van der Waals surface area contributed by atoms with Crippen LogP contribution in [0.2, 0.25) is 0 Å². The molecule has 0 atom stereocenters. The fraction of sp³-hybridized carbons (Fsp3) is 0. The van der Waals surface area contributed by atoms with Gasteiger partial charge in [0.1, 0.15) is 5.58 Å². The van der Waals surface area contributed by atoms with Crippen LogP contribution in [0.1, 0.15) is 0 Å². The Bertz CT molecular complexity index is 3160. The lowest BCUT2D eigenvalue weighted by atomic mass is 10.0. The number of nitrogens with zero attached hydrogens (tertiary/aromatic N) is 2. The topological polar surface area (TPSA) is 19.6 Å². The summed E-state index contributed by atoms with van der Waals surface area (Å²) in [5, 5.41) is 7.23. The Hall–Kier alpha value is -7.14. The smallest absolute Gasteiger partial charge is 0.159 e. The standard InChI is InChI=1S/C52H34N2OS/c1-3-14-39(15-4-1)54(40-16-5-2-6-17-40)48-20-11-19-47-44-30-28-42(33-49(44)55-52(47)48)53(43-29-31-46-45-18-9-10-21-50(45)56-51(46)34-43)41-26-24-36(25-27-41)38-23-22-35-12-7-8-13-37(35)32-38/h1-34H. The van der Waals surface area contributed by atoms with Gasteiger partial charge >= 0.3 is 0 Å². The summed E-state index contributed by atoms with van der Waals surface area (Å²) in [4.78, 5) is 4.62. The third-order valence-electron chi connectivity index (χ3n) is 10.8. The van der Waals surface area contributed by atoms with Crippen molar-refractivity contribution in [3.8, 4) is 11.1 Å². The molecule has 2 aromatic heterocycles. The first-order chi connectivity index (χ1) is 27.7. The van der Waals surface area contributed by atoms with Gasteiger partial charge in [0.05, 0.1) is 5.69 Å². The van der Waals surface area contributed by atoms with E-state index < -0.39 is 0 Å². The molecule has 0 aliphatic heterocycles. The zero-order chi connectivity index (χ0) is 37.0. The maximum atomic E-state index is 6.93. The number of hydrogen-bond acceptors (Lipinski definition) is 4. The van der Waals surface area contributed by atoms with Crippen molar-refractivity contribution in [2.24, 2.45) is 0 Å². The van der Waals surface area contributed by atoms with Crippen LogP contribution in [0, 0.1) is 0 Å². The highest BCUT2D eigenvalue weighted by atomic mass is 32.1. The fourth-order valence-electron chi connectivity index (χ4n) is 8.14. The van der Waals surface area contributed by atoms with Gasteiger partial charge in [-0.15, -0.1) is 11.3 Å². The van der Waals surface area contributed by atoms with E-state index in [0.717, 1.165) is 56.1 Å². The van der Waals surface area contributed by atoms with Crippen LogP contribution in [0.25, 0.3) is 64.0 Å². The lowest BCUT2D eigenvalue weighted by molar-refractivity contribution is 0.669. The Morgan fingerprint density at radius 2 is 0.929 bits per heavy atom. The summed E-state index contributed by atoms with van der Waals surface area (Å²) in [6, 6.07) is 73.7. The minimum atomic E-state index is 0.840. The van der Waals surface area contributed by atoms with Crippen LogP contribution >= 0.6 is 11.3 Å². The second-order valence-corrected chi connectivity index (χ2v) is 15.2. The van der Waals surface area contributed by atoms with Crippen LogP contribution in [0.15, 0.2) is 211 Å². The molecule has 0 radical (unpaired) electrons. The van der Waals surface area contributed by atoms with Gasteiger partial charge in [-0.3, -0.25) is 0 Å². The second-order valence-electron chi connectivity index (χ2n) is 14.2. The van der Waals surface area contributed by atoms with Gasteiger partial charge in [0.25, 0.3) is 0 Å². The van der Waals surface area contributed by atoms with E-state index in [1.807, 2.05) is 11.3 Å². The number of rotatable bonds is 7. The van der Waals surface area contributed by atoms with E-state index in [1.165, 1.54) is 42.1 Å². The monoisotopic (exact) mass is 734 g/mol. The molecule has 0 fully saturated rings. The van der Waals surface area contributed by atoms with E-state index in [1.54, 1.807) is 0 Å². The second kappa shape index (κ2) is 13.3. The number of para-hydroxylation sites is 3. The Balaban J connectivity index is 1.06. The highest BCUT2D eigenvalue weighted by Gasteiger charge is 2.21. The van der Waals surface area contributed by atoms with Gasteiger partial charge in [-0.25, -0.2) is 0 Å². The first-order valence-corrected chi connectivity index (χ1v) is 19.7. The molecule has 0 saturated heterocycles. The predicted molar refractivity (Wildman–Crippen MR) is 239 cm³/mol. The lowest BCUT2D eigenvalue weighted by Gasteiger charge is -2.26. The van der Waals surface area contributed by atoms with E-state index in [-0.39, 0.29) is 0 Å². The highest BCUT2D eigenvalue weighted by Crippen LogP contribution is 2.45. The third kappa shape index (κ3) is 5.50. The van der Waals surface area contributed by atoms with Crippen LogP contribution in [0.3, 0.4) is 0 Å². The number of benzene rings is 9. The van der Waals surface area contributed by atoms with Gasteiger partial charge in [-0.05, 0) is 101 Å². The fourth-order valence-corrected chi connectivity index (χ4v) is 9.28. The van der Waals surface area contributed by atoms with Crippen LogP contribution in [0.5, 0.6) is 0 Å². The van der Waals surface area contributed by atoms with Crippen LogP contribution in [-0.2, 0) is 0 Å². The van der Waals surface area contributed by atoms with Crippen molar-refractivity contribution in [2.45, 2.75) is 0 Å². The molecular weight excluding hydrogens is 701 g/mol. The zero-order valence-electron chi connectivity index (χ0n) is 30.3. The molecule has 0 amide bonds. The first kappa shape index (κ1) is 32.3. The molecule has 2 heterocycles. The molecule has 0 unspecified atom stereocenters. The van der Waals surface area contributed by atoms with E-state index in [2.05, 4.69) is 216 Å². The zero-order valence-corrected chi connectivity index (χ0v) is 31.2. The van der Waals surface area contributed by atoms with E-state index in [4.69, 9.17) is 4.42 Å². The molecule has 3 nitrogen and oxygen atoms in total. The Morgan fingerprint density at radius 1 is 0.339 bits per heavy atom. The summed E-state index contributed by atoms with van der Waals surface area (Å²) in [6.07, 6.45) is 0. The van der Waals surface area contributed by atoms with Crippen molar-refractivity contribution in [3.63, 3.8) is 0 Å². The molecular formula is C52H34N2OS. The Morgan fingerprint density at radius 3 is 1.71 bits per heavy atom. The quantitative estimate of drug-likeness (QED) is 0.163. The number of hydrogen-bond donors (Lipinski definition) is 0. The van der Waals surface area contributed by atoms with Crippen LogP contribution in [0.4, 0.5) is 34.1 Å². The minimum absolute atomic E-state index is 0.840. The van der Waals surface area contributed by atoms with Gasteiger partial charge in [-0.2, -0.15) is 0 Å². The number of anilines is 6. The van der Waals surface area contributed by atoms with Crippen molar-refractivity contribution in [3.05, 3.63) is 206 Å². The SMILES string of the molecule is c1ccc(N(c2ccccc2)c2cccc3c2oc2cc(N(c4ccc(-c5ccc6ccccc6c5)cc4)c4ccc5c(c4)sc4ccccc45)ccc23)cc1. The van der Waals surface area contributed by atoms with Crippen molar-refractivity contribution < 1.29 is 4.42 Å². The molecule has 4 heteroatoms. The lowest BCUT2D eigenvalue weighted by Crippen LogP contribution is -2.09. The summed E-state index contributed by atoms with van der Waals surface area (Å²) < 4.78 is 9.48. The average Bonchev–Trinajstić information content (AvgIpc) is 3.83. The summed E-state index contributed by atoms with van der Waals surface area (Å²) in [6.45, 7) is 0. The molecule has 56 heavy (non-hydrogen) atoms. The molecule has 0 saturated carbocycles. The maximum Gasteiger partial charge on any atom is 0.159 e. The molecule has 0 aliphatic rings. The van der Waals surface area contributed by atoms with Crippen LogP contribution < -0.4 is 9.80 Å². The molecule has 0 bridgehead atoms. The molecule has 0 spiro atoms. The average molecular weight is 735 g/mol. The number of thiophene rings is 1. The van der Waals surface area contributed by atoms with Crippen molar-refractivity contribution in [1.29, 1.82) is 0 Å². The normalized spacial score (nSPS) is 11.6. The number of fused-ring (bicyclic) bond motifs is 7. The molecule has 0 aliphatic carbocycles. The van der Waals surface area contributed by atoms with Crippen molar-refractivity contribution >= 4 is 98.3 Å². The van der Waals surface area contributed by atoms with Gasteiger partial charge in [0, 0.05) is 65.4 Å². The largest absolute Gasteiger partial charge is 0.454 e. The molecule has 11 rings (SSSR count). The Kier molecular flexibility index (Phi) is 7.68. The first-order valence-electron chi connectivity index (χ1n) is 18.9. The van der Waals surface area contributed by atoms with Gasteiger partial charge in [0.15, 0.2) is 5.58 Å². The van der Waals surface area contributed by atoms with Gasteiger partial charge in [-0.1, -0.05) is 121 Å². The van der Waals surface area contributed by atoms with E-state index in [9.17, 15) is 0 Å². The molecule has 264 valence electrons. The molecule has 9 aromatic carbocycles. The summed E-state index contributed by atoms with van der Waals surface area (Å²) in [7, 11) is 0. The van der Waals surface area contributed by atoms with Gasteiger partial charge < -0.3 is 14.2 Å². The maximum absolute atomic E-state index is 6.93. The van der Waals surface area contributed by atoms with E-state index in [0.29, 0.717) is 0 Å². The summed E-state index contributed by atoms with van der Waals surface area (Å²) >= 11 is 1.84. The molecule has 0 N–H and O–H groups in total. The Labute approximate surface area is 328 Å². The highest BCUT2D eigenvalue weighted by molar-refractivity contribution is 7.25. The minimum Gasteiger partial charge on any atom is -0.454 e. The number of furan rings is 1. The van der Waals surface area contributed by atoms with Crippen molar-refractivity contribution in [2.75, 3.05) is 9.80 Å². The third-order valence-corrected chi connectivity index (χ3v) is 12.0. The van der Waals surface area contributed by atoms with Gasteiger partial charge in [0.2, 0.25) is 0 Å². The van der Waals surface area contributed by atoms with E-state index >= 15 is 0 Å². The predicted octanol–water partition coefficient (Wildman–Crippen LogP) is 15.7. The summed E-state index contributed by atoms with van der Waals surface area (Å²) in [5.41, 5.74) is 10.4. The molecule has 11 aromatic rings. The van der Waals surface area contributed by atoms with Crippen LogP contribution in [-0.4, -0.2) is 0 Å². The summed E-state index contributed by atoms with van der Waals surface area (Å²) in [5.74, 6) is 0. The van der Waals surface area contributed by atoms with Crippen molar-refractivity contribution in [1.82, 2.24) is 0 Å².